The highest BCUT2D eigenvalue weighted by atomic mass is 32.2. The van der Waals surface area contributed by atoms with Gasteiger partial charge in [0.15, 0.2) is 11.2 Å². The van der Waals surface area contributed by atoms with Gasteiger partial charge in [0.2, 0.25) is 5.91 Å². The van der Waals surface area contributed by atoms with E-state index in [0.717, 1.165) is 12.8 Å². The van der Waals surface area contributed by atoms with Crippen molar-refractivity contribution in [3.63, 3.8) is 0 Å². The van der Waals surface area contributed by atoms with E-state index in [9.17, 15) is 4.79 Å². The van der Waals surface area contributed by atoms with Crippen LogP contribution in [0, 0.1) is 0 Å². The van der Waals surface area contributed by atoms with E-state index in [-0.39, 0.29) is 5.91 Å². The van der Waals surface area contributed by atoms with Gasteiger partial charge in [-0.1, -0.05) is 29.8 Å². The Bertz CT molecular complexity index is 621. The summed E-state index contributed by atoms with van der Waals surface area (Å²) in [6.45, 7) is 0. The first kappa shape index (κ1) is 13.3. The van der Waals surface area contributed by atoms with Gasteiger partial charge in [0.1, 0.15) is 11.4 Å². The Morgan fingerprint density at radius 1 is 1.45 bits per heavy atom. The molecule has 3 rings (SSSR count). The van der Waals surface area contributed by atoms with Gasteiger partial charge in [0, 0.05) is 13.1 Å². The first-order valence-electron chi connectivity index (χ1n) is 6.66. The quantitative estimate of drug-likeness (QED) is 0.666. The Hall–Kier alpha value is -1.70. The molecule has 8 heteroatoms. The number of nitrogens with one attached hydrogen (secondary N) is 1. The lowest BCUT2D eigenvalue weighted by Crippen LogP contribution is -2.33. The van der Waals surface area contributed by atoms with Crippen molar-refractivity contribution >= 4 is 28.8 Å². The number of aromatic nitrogens is 5. The molecule has 1 fully saturated rings. The van der Waals surface area contributed by atoms with E-state index < -0.39 is 0 Å². The molecule has 0 aliphatic heterocycles. The van der Waals surface area contributed by atoms with Crippen molar-refractivity contribution in [2.75, 3.05) is 5.75 Å². The Labute approximate surface area is 120 Å². The molecule has 7 nitrogen and oxygen atoms in total. The highest BCUT2D eigenvalue weighted by Gasteiger charge is 2.18. The number of carbonyl (C=O) groups excluding carboxylic acids is 1. The van der Waals surface area contributed by atoms with Crippen LogP contribution in [0.25, 0.3) is 11.2 Å². The van der Waals surface area contributed by atoms with Crippen molar-refractivity contribution in [3.8, 4) is 0 Å². The van der Waals surface area contributed by atoms with Crippen molar-refractivity contribution < 1.29 is 4.79 Å². The molecule has 1 N–H and O–H groups in total. The zero-order valence-electron chi connectivity index (χ0n) is 11.2. The van der Waals surface area contributed by atoms with E-state index in [4.69, 9.17) is 0 Å². The molecule has 0 atom stereocenters. The fourth-order valence-electron chi connectivity index (χ4n) is 2.41. The zero-order chi connectivity index (χ0) is 13.9. The summed E-state index contributed by atoms with van der Waals surface area (Å²) in [6.07, 6.45) is 6.09. The maximum absolute atomic E-state index is 11.9. The third-order valence-corrected chi connectivity index (χ3v) is 4.39. The second-order valence-corrected chi connectivity index (χ2v) is 5.87. The van der Waals surface area contributed by atoms with E-state index in [1.807, 2.05) is 0 Å². The first-order valence-corrected chi connectivity index (χ1v) is 7.65. The molecule has 1 saturated carbocycles. The fraction of sp³-hybridized carbons (Fsp3) is 0.583. The molecule has 0 bridgehead atoms. The van der Waals surface area contributed by atoms with Gasteiger partial charge in [-0.15, -0.1) is 5.10 Å². The number of thioether (sulfide) groups is 1. The third kappa shape index (κ3) is 2.74. The molecule has 0 aromatic carbocycles. The highest BCUT2D eigenvalue weighted by molar-refractivity contribution is 8.00. The minimum absolute atomic E-state index is 0.0533. The SMILES string of the molecule is Cn1nnc2c(SCC(=O)NC3CCCC3)ncnc21. The van der Waals surface area contributed by atoms with Crippen molar-refractivity contribution in [3.05, 3.63) is 6.33 Å². The van der Waals surface area contributed by atoms with Crippen molar-refractivity contribution in [2.45, 2.75) is 36.8 Å². The minimum Gasteiger partial charge on any atom is -0.353 e. The summed E-state index contributed by atoms with van der Waals surface area (Å²) in [7, 11) is 1.78. The summed E-state index contributed by atoms with van der Waals surface area (Å²) in [5, 5.41) is 11.7. The van der Waals surface area contributed by atoms with E-state index >= 15 is 0 Å². The van der Waals surface area contributed by atoms with Crippen LogP contribution in [-0.2, 0) is 11.8 Å². The van der Waals surface area contributed by atoms with E-state index in [0.29, 0.717) is 28.0 Å². The smallest absolute Gasteiger partial charge is 0.230 e. The normalized spacial score (nSPS) is 15.8. The number of hydrogen-bond acceptors (Lipinski definition) is 6. The predicted molar refractivity (Wildman–Crippen MR) is 75.2 cm³/mol. The maximum atomic E-state index is 11.9. The number of aryl methyl sites for hydroxylation is 1. The number of fused-ring (bicyclic) bond motifs is 1. The summed E-state index contributed by atoms with van der Waals surface area (Å²) < 4.78 is 1.60. The molecule has 2 heterocycles. The molecule has 1 aliphatic rings. The molecule has 2 aromatic heterocycles. The van der Waals surface area contributed by atoms with Crippen LogP contribution in [0.2, 0.25) is 0 Å². The van der Waals surface area contributed by atoms with Crippen LogP contribution in [0.3, 0.4) is 0 Å². The molecule has 106 valence electrons. The molecule has 0 radical (unpaired) electrons. The van der Waals surface area contributed by atoms with E-state index in [2.05, 4.69) is 25.6 Å². The standard InChI is InChI=1S/C12H16N6OS/c1-18-11-10(16-17-18)12(14-7-13-11)20-6-9(19)15-8-4-2-3-5-8/h7-8H,2-6H2,1H3,(H,15,19). The van der Waals surface area contributed by atoms with Gasteiger partial charge in [0.25, 0.3) is 0 Å². The van der Waals surface area contributed by atoms with Crippen LogP contribution < -0.4 is 5.32 Å². The first-order chi connectivity index (χ1) is 9.74. The number of rotatable bonds is 4. The Morgan fingerprint density at radius 3 is 3.05 bits per heavy atom. The van der Waals surface area contributed by atoms with Crippen LogP contribution >= 0.6 is 11.8 Å². The van der Waals surface area contributed by atoms with E-state index in [1.165, 1.54) is 30.9 Å². The highest BCUT2D eigenvalue weighted by Crippen LogP contribution is 2.22. The molecule has 20 heavy (non-hydrogen) atoms. The Balaban J connectivity index is 1.63. The summed E-state index contributed by atoms with van der Waals surface area (Å²) in [5.41, 5.74) is 1.33. The van der Waals surface area contributed by atoms with Crippen molar-refractivity contribution in [2.24, 2.45) is 7.05 Å². The Kier molecular flexibility index (Phi) is 3.81. The van der Waals surface area contributed by atoms with Crippen LogP contribution in [0.15, 0.2) is 11.4 Å². The third-order valence-electron chi connectivity index (χ3n) is 3.42. The maximum Gasteiger partial charge on any atom is 0.230 e. The van der Waals surface area contributed by atoms with Crippen molar-refractivity contribution in [1.82, 2.24) is 30.3 Å². The molecule has 0 saturated heterocycles. The van der Waals surface area contributed by atoms with Gasteiger partial charge in [-0.3, -0.25) is 4.79 Å². The molecule has 1 aliphatic carbocycles. The Morgan fingerprint density at radius 2 is 2.25 bits per heavy atom. The number of hydrogen-bond donors (Lipinski definition) is 1. The monoisotopic (exact) mass is 292 g/mol. The molecule has 0 spiro atoms. The molecular weight excluding hydrogens is 276 g/mol. The summed E-state index contributed by atoms with van der Waals surface area (Å²) in [6, 6.07) is 0.352. The zero-order valence-corrected chi connectivity index (χ0v) is 12.1. The average molecular weight is 292 g/mol. The predicted octanol–water partition coefficient (Wildman–Crippen LogP) is 0.909. The number of nitrogens with zero attached hydrogens (tertiary/aromatic N) is 5. The average Bonchev–Trinajstić information content (AvgIpc) is 3.07. The van der Waals surface area contributed by atoms with Gasteiger partial charge in [0.05, 0.1) is 5.75 Å². The number of carbonyl (C=O) groups is 1. The summed E-state index contributed by atoms with van der Waals surface area (Å²) in [5.74, 6) is 0.400. The lowest BCUT2D eigenvalue weighted by atomic mass is 10.2. The van der Waals surface area contributed by atoms with Crippen LogP contribution in [0.1, 0.15) is 25.7 Å². The lowest BCUT2D eigenvalue weighted by Gasteiger charge is -2.11. The van der Waals surface area contributed by atoms with Gasteiger partial charge >= 0.3 is 0 Å². The summed E-state index contributed by atoms with van der Waals surface area (Å²) in [4.78, 5) is 20.2. The second kappa shape index (κ2) is 5.74. The van der Waals surface area contributed by atoms with Crippen LogP contribution in [0.5, 0.6) is 0 Å². The van der Waals surface area contributed by atoms with Gasteiger partial charge in [-0.05, 0) is 12.8 Å². The fourth-order valence-corrected chi connectivity index (χ4v) is 3.15. The van der Waals surface area contributed by atoms with Gasteiger partial charge in [-0.25, -0.2) is 14.6 Å². The van der Waals surface area contributed by atoms with Crippen LogP contribution in [-0.4, -0.2) is 42.7 Å². The van der Waals surface area contributed by atoms with Gasteiger partial charge in [-0.2, -0.15) is 0 Å². The topological polar surface area (TPSA) is 85.6 Å². The molecule has 1 amide bonds. The molecule has 0 unspecified atom stereocenters. The lowest BCUT2D eigenvalue weighted by molar-refractivity contribution is -0.119. The van der Waals surface area contributed by atoms with Crippen molar-refractivity contribution in [1.29, 1.82) is 0 Å². The van der Waals surface area contributed by atoms with Crippen LogP contribution in [0.4, 0.5) is 0 Å². The molecular formula is C12H16N6OS. The van der Waals surface area contributed by atoms with Gasteiger partial charge < -0.3 is 5.32 Å². The minimum atomic E-state index is 0.0533. The summed E-state index contributed by atoms with van der Waals surface area (Å²) >= 11 is 1.38. The van der Waals surface area contributed by atoms with E-state index in [1.54, 1.807) is 11.7 Å². The molecule has 2 aromatic rings. The number of amides is 1. The largest absolute Gasteiger partial charge is 0.353 e. The second-order valence-electron chi connectivity index (χ2n) is 4.90.